The monoisotopic (exact) mass is 422 g/mol. The smallest absolute Gasteiger partial charge is 0.274 e. The van der Waals surface area contributed by atoms with E-state index < -0.39 is 11.9 Å². The van der Waals surface area contributed by atoms with Crippen molar-refractivity contribution in [3.05, 3.63) is 89.2 Å². The van der Waals surface area contributed by atoms with Crippen molar-refractivity contribution in [2.24, 2.45) is 7.05 Å². The molecule has 4 rings (SSSR count). The molecule has 2 aromatic heterocycles. The van der Waals surface area contributed by atoms with E-state index in [0.717, 1.165) is 5.56 Å². The molecule has 0 saturated carbocycles. The third-order valence-corrected chi connectivity index (χ3v) is 4.99. The Balaban J connectivity index is 1.67. The lowest BCUT2D eigenvalue weighted by molar-refractivity contribution is 0.0935. The minimum Gasteiger partial charge on any atom is -0.496 e. The topological polar surface area (TPSA) is 86.9 Å². The number of carbonyl (C=O) groups excluding carboxylic acids is 1. The molecular weight excluding hydrogens is 404 g/mol. The van der Waals surface area contributed by atoms with Crippen molar-refractivity contribution in [2.45, 2.75) is 6.04 Å². The predicted molar refractivity (Wildman–Crippen MR) is 112 cm³/mol. The van der Waals surface area contributed by atoms with E-state index in [-0.39, 0.29) is 5.69 Å². The molecule has 8 nitrogen and oxygen atoms in total. The van der Waals surface area contributed by atoms with Gasteiger partial charge < -0.3 is 14.6 Å². The minimum atomic E-state index is -0.542. The van der Waals surface area contributed by atoms with Gasteiger partial charge in [0.05, 0.1) is 24.0 Å². The van der Waals surface area contributed by atoms with Crippen LogP contribution in [-0.2, 0) is 7.05 Å². The fraction of sp³-hybridized carbons (Fsp3) is 0.143. The van der Waals surface area contributed by atoms with E-state index in [1.807, 2.05) is 54.2 Å². The molecule has 0 saturated heterocycles. The van der Waals surface area contributed by atoms with Crippen molar-refractivity contribution in [1.82, 2.24) is 29.9 Å². The number of hydrogen-bond acceptors (Lipinski definition) is 5. The average Bonchev–Trinajstić information content (AvgIpc) is 3.42. The Morgan fingerprint density at radius 3 is 2.67 bits per heavy atom. The normalized spacial score (nSPS) is 11.8. The number of rotatable bonds is 6. The molecule has 1 unspecified atom stereocenters. The lowest BCUT2D eigenvalue weighted by Gasteiger charge is -2.20. The number of methoxy groups -OCH3 is 1. The van der Waals surface area contributed by atoms with Crippen molar-refractivity contribution < 1.29 is 9.53 Å². The SMILES string of the molecule is COc1ccccc1C(NC(=O)c1cn(-c2ccccc2Cl)nn1)c1nccn1C. The van der Waals surface area contributed by atoms with Crippen LogP contribution in [0.25, 0.3) is 5.69 Å². The fourth-order valence-electron chi connectivity index (χ4n) is 3.17. The third kappa shape index (κ3) is 3.77. The highest BCUT2D eigenvalue weighted by Crippen LogP contribution is 2.29. The molecule has 2 aromatic carbocycles. The van der Waals surface area contributed by atoms with E-state index in [1.165, 1.54) is 10.9 Å². The molecule has 9 heteroatoms. The van der Waals surface area contributed by atoms with Gasteiger partial charge in [-0.1, -0.05) is 47.1 Å². The molecular formula is C21H19ClN6O2. The molecule has 0 fully saturated rings. The van der Waals surface area contributed by atoms with E-state index in [0.29, 0.717) is 22.3 Å². The molecule has 1 amide bonds. The van der Waals surface area contributed by atoms with Gasteiger partial charge in [-0.25, -0.2) is 9.67 Å². The number of benzene rings is 2. The van der Waals surface area contributed by atoms with Crippen molar-refractivity contribution in [2.75, 3.05) is 7.11 Å². The molecule has 0 aliphatic heterocycles. The fourth-order valence-corrected chi connectivity index (χ4v) is 3.39. The number of amides is 1. The molecule has 0 aliphatic rings. The Hall–Kier alpha value is -3.65. The second kappa shape index (κ2) is 8.38. The van der Waals surface area contributed by atoms with Crippen molar-refractivity contribution in [1.29, 1.82) is 0 Å². The third-order valence-electron chi connectivity index (χ3n) is 4.67. The summed E-state index contributed by atoms with van der Waals surface area (Å²) >= 11 is 6.22. The number of aromatic nitrogens is 5. The van der Waals surface area contributed by atoms with Crippen LogP contribution >= 0.6 is 11.6 Å². The van der Waals surface area contributed by atoms with Crippen molar-refractivity contribution >= 4 is 17.5 Å². The summed E-state index contributed by atoms with van der Waals surface area (Å²) in [4.78, 5) is 17.4. The zero-order valence-corrected chi connectivity index (χ0v) is 17.1. The first-order chi connectivity index (χ1) is 14.6. The summed E-state index contributed by atoms with van der Waals surface area (Å²) in [6.45, 7) is 0. The van der Waals surface area contributed by atoms with Crippen LogP contribution in [0.15, 0.2) is 67.1 Å². The first-order valence-corrected chi connectivity index (χ1v) is 9.54. The quantitative estimate of drug-likeness (QED) is 0.515. The summed E-state index contributed by atoms with van der Waals surface area (Å²) < 4.78 is 8.81. The van der Waals surface area contributed by atoms with E-state index in [4.69, 9.17) is 16.3 Å². The number of aryl methyl sites for hydroxylation is 1. The maximum absolute atomic E-state index is 13.0. The Bertz CT molecular complexity index is 1190. The van der Waals surface area contributed by atoms with Crippen LogP contribution in [-0.4, -0.2) is 37.6 Å². The van der Waals surface area contributed by atoms with Crippen LogP contribution in [0.1, 0.15) is 27.9 Å². The number of nitrogens with zero attached hydrogens (tertiary/aromatic N) is 5. The summed E-state index contributed by atoms with van der Waals surface area (Å²) in [6, 6.07) is 14.1. The van der Waals surface area contributed by atoms with Gasteiger partial charge in [0.25, 0.3) is 5.91 Å². The average molecular weight is 423 g/mol. The zero-order valence-electron chi connectivity index (χ0n) is 16.4. The van der Waals surface area contributed by atoms with Crippen LogP contribution in [0.3, 0.4) is 0 Å². The largest absolute Gasteiger partial charge is 0.496 e. The molecule has 2 heterocycles. The van der Waals surface area contributed by atoms with Crippen LogP contribution in [0.4, 0.5) is 0 Å². The van der Waals surface area contributed by atoms with E-state index in [9.17, 15) is 4.79 Å². The summed E-state index contributed by atoms with van der Waals surface area (Å²) in [7, 11) is 3.45. The van der Waals surface area contributed by atoms with Crippen LogP contribution in [0.5, 0.6) is 5.75 Å². The number of carbonyl (C=O) groups is 1. The van der Waals surface area contributed by atoms with Gasteiger partial charge in [-0.2, -0.15) is 0 Å². The van der Waals surface area contributed by atoms with Gasteiger partial charge in [-0.15, -0.1) is 5.10 Å². The molecule has 1 atom stereocenters. The summed E-state index contributed by atoms with van der Waals surface area (Å²) in [5, 5.41) is 11.6. The Kier molecular flexibility index (Phi) is 5.49. The minimum absolute atomic E-state index is 0.157. The molecule has 1 N–H and O–H groups in total. The lowest BCUT2D eigenvalue weighted by atomic mass is 10.0. The second-order valence-corrected chi connectivity index (χ2v) is 6.95. The second-order valence-electron chi connectivity index (χ2n) is 6.54. The number of imidazole rings is 1. The molecule has 0 bridgehead atoms. The lowest BCUT2D eigenvalue weighted by Crippen LogP contribution is -2.31. The maximum Gasteiger partial charge on any atom is 0.274 e. The van der Waals surface area contributed by atoms with E-state index >= 15 is 0 Å². The van der Waals surface area contributed by atoms with Crippen molar-refractivity contribution in [3.63, 3.8) is 0 Å². The number of hydrogen-bond donors (Lipinski definition) is 1. The molecule has 152 valence electrons. The van der Waals surface area contributed by atoms with Gasteiger partial charge >= 0.3 is 0 Å². The number of halogens is 1. The molecule has 0 aliphatic carbocycles. The standard InChI is InChI=1S/C21H19ClN6O2/c1-27-12-11-23-20(27)19(14-7-3-6-10-18(14)30-2)24-21(29)16-13-28(26-25-16)17-9-5-4-8-15(17)22/h3-13,19H,1-2H3,(H,24,29). The molecule has 0 radical (unpaired) electrons. The summed E-state index contributed by atoms with van der Waals surface area (Å²) in [6.07, 6.45) is 5.03. The number of ether oxygens (including phenoxy) is 1. The van der Waals surface area contributed by atoms with E-state index in [1.54, 1.807) is 25.4 Å². The predicted octanol–water partition coefficient (Wildman–Crippen LogP) is 3.18. The Morgan fingerprint density at radius 1 is 1.17 bits per heavy atom. The molecule has 4 aromatic rings. The number of nitrogens with one attached hydrogen (secondary N) is 1. The molecule has 30 heavy (non-hydrogen) atoms. The zero-order chi connectivity index (χ0) is 21.1. The van der Waals surface area contributed by atoms with Gasteiger partial charge in [0.2, 0.25) is 0 Å². The maximum atomic E-state index is 13.0. The van der Waals surface area contributed by atoms with E-state index in [2.05, 4.69) is 20.6 Å². The van der Waals surface area contributed by atoms with Crippen LogP contribution in [0.2, 0.25) is 5.02 Å². The summed E-state index contributed by atoms with van der Waals surface area (Å²) in [5.41, 5.74) is 1.57. The highest BCUT2D eigenvalue weighted by atomic mass is 35.5. The van der Waals surface area contributed by atoms with Crippen LogP contribution < -0.4 is 10.1 Å². The Morgan fingerprint density at radius 2 is 1.93 bits per heavy atom. The highest BCUT2D eigenvalue weighted by Gasteiger charge is 2.25. The van der Waals surface area contributed by atoms with Gasteiger partial charge in [0, 0.05) is 25.0 Å². The first kappa shape index (κ1) is 19.7. The van der Waals surface area contributed by atoms with Gasteiger partial charge in [-0.3, -0.25) is 4.79 Å². The van der Waals surface area contributed by atoms with Gasteiger partial charge in [-0.05, 0) is 18.2 Å². The number of para-hydroxylation sites is 2. The van der Waals surface area contributed by atoms with Gasteiger partial charge in [0.15, 0.2) is 5.69 Å². The van der Waals surface area contributed by atoms with Crippen LogP contribution in [0, 0.1) is 0 Å². The van der Waals surface area contributed by atoms with Gasteiger partial charge in [0.1, 0.15) is 17.6 Å². The molecule has 0 spiro atoms. The summed E-state index contributed by atoms with van der Waals surface area (Å²) in [5.74, 6) is 0.907. The van der Waals surface area contributed by atoms with Crippen molar-refractivity contribution in [3.8, 4) is 11.4 Å². The first-order valence-electron chi connectivity index (χ1n) is 9.16. The highest BCUT2D eigenvalue weighted by molar-refractivity contribution is 6.32. The Labute approximate surface area is 178 Å².